The van der Waals surface area contributed by atoms with Gasteiger partial charge in [-0.2, -0.15) is 4.31 Å². The molecule has 8 nitrogen and oxygen atoms in total. The van der Waals surface area contributed by atoms with Crippen LogP contribution >= 0.6 is 0 Å². The Labute approximate surface area is 158 Å². The van der Waals surface area contributed by atoms with Gasteiger partial charge in [-0.25, -0.2) is 13.4 Å². The van der Waals surface area contributed by atoms with Crippen LogP contribution in [0.3, 0.4) is 0 Å². The molecule has 0 bridgehead atoms. The molecule has 0 spiro atoms. The van der Waals surface area contributed by atoms with Crippen LogP contribution in [0.15, 0.2) is 47.8 Å². The molecule has 1 amide bonds. The number of hydrogen-bond donors (Lipinski definition) is 1. The first kappa shape index (κ1) is 17.9. The second-order valence-corrected chi connectivity index (χ2v) is 8.68. The van der Waals surface area contributed by atoms with Gasteiger partial charge in [0.1, 0.15) is 5.82 Å². The Morgan fingerprint density at radius 1 is 1.04 bits per heavy atom. The molecule has 1 aliphatic heterocycles. The Morgan fingerprint density at radius 2 is 1.74 bits per heavy atom. The van der Waals surface area contributed by atoms with E-state index in [-0.39, 0.29) is 16.7 Å². The van der Waals surface area contributed by atoms with Crippen LogP contribution in [0.1, 0.15) is 12.8 Å². The van der Waals surface area contributed by atoms with Crippen molar-refractivity contribution in [2.45, 2.75) is 17.7 Å². The van der Waals surface area contributed by atoms with Crippen LogP contribution in [-0.4, -0.2) is 54.8 Å². The van der Waals surface area contributed by atoms with E-state index in [9.17, 15) is 13.2 Å². The van der Waals surface area contributed by atoms with Gasteiger partial charge >= 0.3 is 0 Å². The summed E-state index contributed by atoms with van der Waals surface area (Å²) < 4.78 is 27.2. The van der Waals surface area contributed by atoms with E-state index in [1.165, 1.54) is 4.31 Å². The van der Waals surface area contributed by atoms with Crippen molar-refractivity contribution in [3.63, 3.8) is 0 Å². The Morgan fingerprint density at radius 3 is 2.33 bits per heavy atom. The molecular weight excluding hydrogens is 366 g/mol. The number of piperazine rings is 1. The molecular formula is C18H21N5O3S. The SMILES string of the molecule is O=C(Nc1ccc(S(=O)(=O)N2CCN(c3cnccn3)CC2)cc1)C1CC1. The number of sulfonamides is 1. The lowest BCUT2D eigenvalue weighted by molar-refractivity contribution is -0.117. The van der Waals surface area contributed by atoms with Crippen molar-refractivity contribution in [1.29, 1.82) is 0 Å². The maximum atomic E-state index is 12.9. The summed E-state index contributed by atoms with van der Waals surface area (Å²) in [5.74, 6) is 0.870. The highest BCUT2D eigenvalue weighted by Crippen LogP contribution is 2.30. The summed E-state index contributed by atoms with van der Waals surface area (Å²) in [6, 6.07) is 6.38. The normalized spacial score (nSPS) is 18.3. The van der Waals surface area contributed by atoms with Crippen LogP contribution in [0.2, 0.25) is 0 Å². The highest BCUT2D eigenvalue weighted by Gasteiger charge is 2.30. The maximum Gasteiger partial charge on any atom is 0.243 e. The number of nitrogens with one attached hydrogen (secondary N) is 1. The number of carbonyl (C=O) groups is 1. The molecule has 1 saturated carbocycles. The van der Waals surface area contributed by atoms with Gasteiger partial charge < -0.3 is 10.2 Å². The fourth-order valence-corrected chi connectivity index (χ4v) is 4.48. The minimum absolute atomic E-state index is 0.00532. The molecule has 9 heteroatoms. The summed E-state index contributed by atoms with van der Waals surface area (Å²) in [5.41, 5.74) is 0.623. The third-order valence-corrected chi connectivity index (χ3v) is 6.73. The van der Waals surface area contributed by atoms with Gasteiger partial charge in [0, 0.05) is 50.2 Å². The van der Waals surface area contributed by atoms with Gasteiger partial charge in [-0.1, -0.05) is 0 Å². The van der Waals surface area contributed by atoms with E-state index in [2.05, 4.69) is 15.3 Å². The summed E-state index contributed by atoms with van der Waals surface area (Å²) in [7, 11) is -3.56. The topological polar surface area (TPSA) is 95.5 Å². The summed E-state index contributed by atoms with van der Waals surface area (Å²) in [5, 5.41) is 2.82. The maximum absolute atomic E-state index is 12.9. The first-order chi connectivity index (χ1) is 13.0. The third kappa shape index (κ3) is 3.93. The average molecular weight is 387 g/mol. The van der Waals surface area contributed by atoms with Gasteiger partial charge in [0.25, 0.3) is 0 Å². The molecule has 2 aliphatic rings. The number of aromatic nitrogens is 2. The van der Waals surface area contributed by atoms with E-state index in [0.29, 0.717) is 31.9 Å². The van der Waals surface area contributed by atoms with Crippen LogP contribution in [0.4, 0.5) is 11.5 Å². The zero-order chi connectivity index (χ0) is 18.9. The van der Waals surface area contributed by atoms with Crippen LogP contribution in [0, 0.1) is 5.92 Å². The van der Waals surface area contributed by atoms with E-state index in [4.69, 9.17) is 0 Å². The van der Waals surface area contributed by atoms with E-state index in [1.807, 2.05) is 4.90 Å². The molecule has 2 aromatic rings. The molecule has 1 aliphatic carbocycles. The van der Waals surface area contributed by atoms with E-state index in [1.54, 1.807) is 42.9 Å². The Balaban J connectivity index is 1.40. The lowest BCUT2D eigenvalue weighted by Gasteiger charge is -2.34. The molecule has 0 radical (unpaired) electrons. The van der Waals surface area contributed by atoms with Crippen LogP contribution in [0.25, 0.3) is 0 Å². The van der Waals surface area contributed by atoms with Crippen molar-refractivity contribution < 1.29 is 13.2 Å². The lowest BCUT2D eigenvalue weighted by Crippen LogP contribution is -2.48. The van der Waals surface area contributed by atoms with Gasteiger partial charge in [-0.3, -0.25) is 9.78 Å². The van der Waals surface area contributed by atoms with Crippen molar-refractivity contribution in [3.05, 3.63) is 42.9 Å². The largest absolute Gasteiger partial charge is 0.353 e. The number of carbonyl (C=O) groups excluding carboxylic acids is 1. The quantitative estimate of drug-likeness (QED) is 0.832. The summed E-state index contributed by atoms with van der Waals surface area (Å²) in [6.07, 6.45) is 6.78. The predicted molar refractivity (Wildman–Crippen MR) is 101 cm³/mol. The molecule has 1 saturated heterocycles. The van der Waals surface area contributed by atoms with Gasteiger partial charge in [0.2, 0.25) is 15.9 Å². The molecule has 27 heavy (non-hydrogen) atoms. The number of amides is 1. The first-order valence-corrected chi connectivity index (χ1v) is 10.4. The Kier molecular flexibility index (Phi) is 4.79. The standard InChI is InChI=1S/C18H21N5O3S/c24-18(14-1-2-14)21-15-3-5-16(6-4-15)27(25,26)23-11-9-22(10-12-23)17-13-19-7-8-20-17/h3-8,13-14H,1-2,9-12H2,(H,21,24). The van der Waals surface area contributed by atoms with Gasteiger partial charge in [-0.05, 0) is 37.1 Å². The number of nitrogens with zero attached hydrogens (tertiary/aromatic N) is 4. The minimum atomic E-state index is -3.56. The zero-order valence-corrected chi connectivity index (χ0v) is 15.6. The summed E-state index contributed by atoms with van der Waals surface area (Å²) >= 11 is 0. The summed E-state index contributed by atoms with van der Waals surface area (Å²) in [6.45, 7) is 1.90. The molecule has 1 aromatic heterocycles. The van der Waals surface area contributed by atoms with E-state index >= 15 is 0 Å². The van der Waals surface area contributed by atoms with Gasteiger partial charge in [-0.15, -0.1) is 0 Å². The lowest BCUT2D eigenvalue weighted by atomic mass is 10.3. The second-order valence-electron chi connectivity index (χ2n) is 6.74. The molecule has 1 N–H and O–H groups in total. The number of hydrogen-bond acceptors (Lipinski definition) is 6. The molecule has 1 aromatic carbocycles. The van der Waals surface area contributed by atoms with Crippen molar-refractivity contribution in [2.24, 2.45) is 5.92 Å². The molecule has 0 unspecified atom stereocenters. The average Bonchev–Trinajstić information content (AvgIpc) is 3.55. The zero-order valence-electron chi connectivity index (χ0n) is 14.8. The monoisotopic (exact) mass is 387 g/mol. The molecule has 142 valence electrons. The fraction of sp³-hybridized carbons (Fsp3) is 0.389. The van der Waals surface area contributed by atoms with Crippen LogP contribution < -0.4 is 10.2 Å². The number of anilines is 2. The Hall–Kier alpha value is -2.52. The molecule has 2 fully saturated rings. The highest BCUT2D eigenvalue weighted by molar-refractivity contribution is 7.89. The summed E-state index contributed by atoms with van der Waals surface area (Å²) in [4.78, 5) is 22.4. The van der Waals surface area contributed by atoms with E-state index < -0.39 is 10.0 Å². The van der Waals surface area contributed by atoms with Gasteiger partial charge in [0.05, 0.1) is 11.1 Å². The highest BCUT2D eigenvalue weighted by atomic mass is 32.2. The number of benzene rings is 1. The molecule has 2 heterocycles. The smallest absolute Gasteiger partial charge is 0.243 e. The van der Waals surface area contributed by atoms with Crippen molar-refractivity contribution in [2.75, 3.05) is 36.4 Å². The predicted octanol–water partition coefficient (Wildman–Crippen LogP) is 1.34. The Bertz CT molecular complexity index is 906. The van der Waals surface area contributed by atoms with E-state index in [0.717, 1.165) is 18.7 Å². The molecule has 4 rings (SSSR count). The van der Waals surface area contributed by atoms with Crippen LogP contribution in [0.5, 0.6) is 0 Å². The van der Waals surface area contributed by atoms with Crippen molar-refractivity contribution in [3.8, 4) is 0 Å². The third-order valence-electron chi connectivity index (χ3n) is 4.82. The van der Waals surface area contributed by atoms with Crippen LogP contribution in [-0.2, 0) is 14.8 Å². The second kappa shape index (κ2) is 7.24. The number of rotatable bonds is 5. The van der Waals surface area contributed by atoms with Gasteiger partial charge in [0.15, 0.2) is 0 Å². The minimum Gasteiger partial charge on any atom is -0.353 e. The fourth-order valence-electron chi connectivity index (χ4n) is 3.06. The van der Waals surface area contributed by atoms with Crippen molar-refractivity contribution in [1.82, 2.24) is 14.3 Å². The van der Waals surface area contributed by atoms with Crippen molar-refractivity contribution >= 4 is 27.4 Å². The first-order valence-electron chi connectivity index (χ1n) is 8.96. The molecule has 0 atom stereocenters.